The van der Waals surface area contributed by atoms with E-state index in [0.29, 0.717) is 12.0 Å². The van der Waals surface area contributed by atoms with E-state index in [2.05, 4.69) is 22.1 Å². The largest absolute Gasteiger partial charge is 0.357 e. The van der Waals surface area contributed by atoms with Crippen molar-refractivity contribution in [1.82, 2.24) is 10.2 Å². The molecule has 148 valence electrons. The van der Waals surface area contributed by atoms with Gasteiger partial charge in [0.25, 0.3) is 0 Å². The minimum Gasteiger partial charge on any atom is -0.357 e. The standard InChI is InChI=1S/C18H35N3O2S.HI/c1-5-19-16(20-12-14-24(22,23)17(2,3)4)21-13-11-18(15-21)9-7-6-8-10-18;/h5-15H2,1-4H3,(H,19,20);1H. The molecule has 0 aromatic rings. The number of rotatable bonds is 4. The molecule has 2 fully saturated rings. The first kappa shape index (κ1) is 23.0. The van der Waals surface area contributed by atoms with Gasteiger partial charge in [-0.05, 0) is 52.4 Å². The summed E-state index contributed by atoms with van der Waals surface area (Å²) in [5, 5.41) is 3.35. The molecule has 0 radical (unpaired) electrons. The van der Waals surface area contributed by atoms with E-state index >= 15 is 0 Å². The number of aliphatic imine (C=N–C) groups is 1. The highest BCUT2D eigenvalue weighted by atomic mass is 127. The lowest BCUT2D eigenvalue weighted by Crippen LogP contribution is -2.42. The average molecular weight is 485 g/mol. The number of hydrogen-bond donors (Lipinski definition) is 1. The summed E-state index contributed by atoms with van der Waals surface area (Å²) < 4.78 is 23.8. The van der Waals surface area contributed by atoms with Crippen molar-refractivity contribution in [3.63, 3.8) is 0 Å². The Balaban J connectivity index is 0.00000312. The Kier molecular flexibility index (Phi) is 8.50. The Morgan fingerprint density at radius 1 is 1.16 bits per heavy atom. The van der Waals surface area contributed by atoms with Crippen molar-refractivity contribution in [2.75, 3.05) is 31.9 Å². The Hall–Kier alpha value is -0.0500. The first-order valence-electron chi connectivity index (χ1n) is 9.45. The van der Waals surface area contributed by atoms with Gasteiger partial charge in [-0.25, -0.2) is 8.42 Å². The van der Waals surface area contributed by atoms with Gasteiger partial charge < -0.3 is 10.2 Å². The molecule has 5 nitrogen and oxygen atoms in total. The van der Waals surface area contributed by atoms with E-state index in [1.807, 2.05) is 0 Å². The first-order chi connectivity index (χ1) is 11.2. The molecule has 0 bridgehead atoms. The van der Waals surface area contributed by atoms with Crippen molar-refractivity contribution < 1.29 is 8.42 Å². The van der Waals surface area contributed by atoms with E-state index in [-0.39, 0.29) is 29.7 Å². The Labute approximate surface area is 171 Å². The van der Waals surface area contributed by atoms with Crippen LogP contribution in [-0.4, -0.2) is 56.0 Å². The average Bonchev–Trinajstić information content (AvgIpc) is 2.89. The zero-order chi connectivity index (χ0) is 17.8. The molecule has 0 atom stereocenters. The molecule has 7 heteroatoms. The fourth-order valence-corrected chi connectivity index (χ4v) is 4.77. The number of hydrogen-bond acceptors (Lipinski definition) is 3. The van der Waals surface area contributed by atoms with Gasteiger partial charge in [-0.2, -0.15) is 0 Å². The van der Waals surface area contributed by atoms with Gasteiger partial charge in [-0.15, -0.1) is 24.0 Å². The highest BCUT2D eigenvalue weighted by Crippen LogP contribution is 2.43. The number of sulfone groups is 1. The molecule has 25 heavy (non-hydrogen) atoms. The van der Waals surface area contributed by atoms with Gasteiger partial charge in [0.15, 0.2) is 15.8 Å². The van der Waals surface area contributed by atoms with Gasteiger partial charge >= 0.3 is 0 Å². The monoisotopic (exact) mass is 485 g/mol. The maximum atomic E-state index is 12.3. The van der Waals surface area contributed by atoms with Gasteiger partial charge in [0.05, 0.1) is 17.0 Å². The molecule has 1 aliphatic heterocycles. The van der Waals surface area contributed by atoms with Crippen LogP contribution in [0.5, 0.6) is 0 Å². The smallest absolute Gasteiger partial charge is 0.193 e. The van der Waals surface area contributed by atoms with E-state index in [4.69, 9.17) is 0 Å². The molecular formula is C18H36IN3O2S. The molecule has 1 saturated heterocycles. The summed E-state index contributed by atoms with van der Waals surface area (Å²) >= 11 is 0. The predicted octanol–water partition coefficient (Wildman–Crippen LogP) is 3.44. The normalized spacial score (nSPS) is 21.3. The zero-order valence-electron chi connectivity index (χ0n) is 16.3. The second-order valence-electron chi connectivity index (χ2n) is 8.40. The third kappa shape index (κ3) is 5.97. The van der Waals surface area contributed by atoms with E-state index in [1.165, 1.54) is 38.5 Å². The van der Waals surface area contributed by atoms with Crippen LogP contribution in [0.25, 0.3) is 0 Å². The van der Waals surface area contributed by atoms with Crippen LogP contribution in [0.2, 0.25) is 0 Å². The fraction of sp³-hybridized carbons (Fsp3) is 0.944. The van der Waals surface area contributed by atoms with Gasteiger partial charge in [0.1, 0.15) is 0 Å². The van der Waals surface area contributed by atoms with E-state index in [9.17, 15) is 8.42 Å². The summed E-state index contributed by atoms with van der Waals surface area (Å²) in [6, 6.07) is 0. The molecule has 1 aliphatic carbocycles. The topological polar surface area (TPSA) is 61.8 Å². The Bertz CT molecular complexity index is 549. The lowest BCUT2D eigenvalue weighted by molar-refractivity contribution is 0.203. The number of nitrogens with one attached hydrogen (secondary N) is 1. The summed E-state index contributed by atoms with van der Waals surface area (Å²) in [7, 11) is -3.11. The molecule has 1 N–H and O–H groups in total. The molecule has 1 heterocycles. The minimum absolute atomic E-state index is 0. The molecule has 2 aliphatic rings. The Morgan fingerprint density at radius 3 is 2.36 bits per heavy atom. The minimum atomic E-state index is -3.11. The molecule has 0 aromatic carbocycles. The SMILES string of the molecule is CCNC(=NCCS(=O)(=O)C(C)(C)C)N1CCC2(CCCCC2)C1.I. The van der Waals surface area contributed by atoms with Crippen LogP contribution in [0.4, 0.5) is 0 Å². The predicted molar refractivity (Wildman–Crippen MR) is 117 cm³/mol. The van der Waals surface area contributed by atoms with Crippen LogP contribution in [0, 0.1) is 5.41 Å². The highest BCUT2D eigenvalue weighted by Gasteiger charge is 2.39. The van der Waals surface area contributed by atoms with Crippen molar-refractivity contribution in [3.05, 3.63) is 0 Å². The highest BCUT2D eigenvalue weighted by molar-refractivity contribution is 14.0. The van der Waals surface area contributed by atoms with Gasteiger partial charge in [0.2, 0.25) is 0 Å². The summed E-state index contributed by atoms with van der Waals surface area (Å²) in [5.41, 5.74) is 0.478. The van der Waals surface area contributed by atoms with E-state index < -0.39 is 14.6 Å². The fourth-order valence-electron chi connectivity index (χ4n) is 3.83. The van der Waals surface area contributed by atoms with Gasteiger partial charge in [-0.1, -0.05) is 19.3 Å². The van der Waals surface area contributed by atoms with Crippen molar-refractivity contribution in [2.45, 2.75) is 71.0 Å². The van der Waals surface area contributed by atoms with Gasteiger partial charge in [0, 0.05) is 19.6 Å². The number of likely N-dealkylation sites (tertiary alicyclic amines) is 1. The molecule has 0 amide bonds. The third-order valence-corrected chi connectivity index (χ3v) is 8.13. The first-order valence-corrected chi connectivity index (χ1v) is 11.1. The van der Waals surface area contributed by atoms with Crippen LogP contribution < -0.4 is 5.32 Å². The molecule has 2 rings (SSSR count). The number of halogens is 1. The van der Waals surface area contributed by atoms with Crippen molar-refractivity contribution in [2.24, 2.45) is 10.4 Å². The Morgan fingerprint density at radius 2 is 1.80 bits per heavy atom. The molecule has 0 unspecified atom stereocenters. The molecule has 1 saturated carbocycles. The molecular weight excluding hydrogens is 449 g/mol. The lowest BCUT2D eigenvalue weighted by Gasteiger charge is -2.33. The van der Waals surface area contributed by atoms with E-state index in [0.717, 1.165) is 25.6 Å². The molecule has 0 aromatic heterocycles. The summed E-state index contributed by atoms with van der Waals surface area (Å²) in [4.78, 5) is 6.97. The third-order valence-electron chi connectivity index (χ3n) is 5.54. The zero-order valence-corrected chi connectivity index (χ0v) is 19.5. The van der Waals surface area contributed by atoms with Crippen molar-refractivity contribution in [3.8, 4) is 0 Å². The summed E-state index contributed by atoms with van der Waals surface area (Å²) in [5.74, 6) is 1.01. The number of guanidine groups is 1. The van der Waals surface area contributed by atoms with Crippen LogP contribution in [0.15, 0.2) is 4.99 Å². The van der Waals surface area contributed by atoms with Crippen LogP contribution in [0.1, 0.15) is 66.2 Å². The van der Waals surface area contributed by atoms with Crippen LogP contribution in [0.3, 0.4) is 0 Å². The lowest BCUT2D eigenvalue weighted by atomic mass is 9.73. The number of nitrogens with zero attached hydrogens (tertiary/aromatic N) is 2. The van der Waals surface area contributed by atoms with E-state index in [1.54, 1.807) is 20.8 Å². The maximum absolute atomic E-state index is 12.3. The maximum Gasteiger partial charge on any atom is 0.193 e. The second-order valence-corrected chi connectivity index (χ2v) is 11.3. The van der Waals surface area contributed by atoms with Crippen LogP contribution in [-0.2, 0) is 9.84 Å². The van der Waals surface area contributed by atoms with Gasteiger partial charge in [-0.3, -0.25) is 4.99 Å². The van der Waals surface area contributed by atoms with Crippen molar-refractivity contribution in [1.29, 1.82) is 0 Å². The summed E-state index contributed by atoms with van der Waals surface area (Å²) in [6.45, 7) is 10.6. The second kappa shape index (κ2) is 9.24. The van der Waals surface area contributed by atoms with Crippen molar-refractivity contribution >= 4 is 39.8 Å². The summed E-state index contributed by atoms with van der Waals surface area (Å²) in [6.07, 6.45) is 8.00. The molecule has 1 spiro atoms. The van der Waals surface area contributed by atoms with Crippen LogP contribution >= 0.6 is 24.0 Å². The quantitative estimate of drug-likeness (QED) is 0.377.